The first-order chi connectivity index (χ1) is 12.6. The Labute approximate surface area is 154 Å². The van der Waals surface area contributed by atoms with Crippen molar-refractivity contribution < 1.29 is 0 Å². The maximum atomic E-state index is 4.74. The van der Waals surface area contributed by atoms with Crippen molar-refractivity contribution in [3.05, 3.63) is 42.1 Å². The van der Waals surface area contributed by atoms with Crippen LogP contribution < -0.4 is 10.6 Å². The van der Waals surface area contributed by atoms with Crippen LogP contribution in [-0.4, -0.2) is 32.3 Å². The van der Waals surface area contributed by atoms with Gasteiger partial charge in [-0.1, -0.05) is 37.3 Å². The molecule has 0 radical (unpaired) electrons. The van der Waals surface area contributed by atoms with Gasteiger partial charge >= 0.3 is 0 Å². The summed E-state index contributed by atoms with van der Waals surface area (Å²) in [6.07, 6.45) is 4.44. The average Bonchev–Trinajstić information content (AvgIpc) is 3.45. The van der Waals surface area contributed by atoms with Crippen LogP contribution in [0.4, 0.5) is 11.8 Å². The molecule has 6 heteroatoms. The van der Waals surface area contributed by atoms with Gasteiger partial charge in [-0.15, -0.1) is 0 Å². The van der Waals surface area contributed by atoms with E-state index in [1.54, 1.807) is 4.68 Å². The molecule has 2 unspecified atom stereocenters. The zero-order valence-electron chi connectivity index (χ0n) is 15.6. The van der Waals surface area contributed by atoms with Crippen molar-refractivity contribution in [3.8, 4) is 0 Å². The monoisotopic (exact) mass is 350 g/mol. The van der Waals surface area contributed by atoms with Crippen molar-refractivity contribution in [2.45, 2.75) is 38.6 Å². The number of aryl methyl sites for hydroxylation is 1. The standard InChI is InChI=1S/C20H26N6/c1-13(15-7-5-4-6-8-15)11-21-20-24-18(23-14(2)16-9-10-16)17-12-22-26(3)19(17)25-20/h4-8,12-14,16H,9-11H2,1-3H3,(H2,21,23,24,25). The van der Waals surface area contributed by atoms with Gasteiger partial charge in [0.25, 0.3) is 0 Å². The highest BCUT2D eigenvalue weighted by atomic mass is 15.3. The lowest BCUT2D eigenvalue weighted by atomic mass is 10.0. The second-order valence-electron chi connectivity index (χ2n) is 7.36. The molecule has 2 atom stereocenters. The molecule has 6 nitrogen and oxygen atoms in total. The topological polar surface area (TPSA) is 67.7 Å². The lowest BCUT2D eigenvalue weighted by molar-refractivity contribution is 0.691. The highest BCUT2D eigenvalue weighted by Gasteiger charge is 2.28. The van der Waals surface area contributed by atoms with Crippen molar-refractivity contribution in [1.82, 2.24) is 19.7 Å². The van der Waals surface area contributed by atoms with E-state index in [1.165, 1.54) is 18.4 Å². The lowest BCUT2D eigenvalue weighted by Crippen LogP contribution is -2.19. The Balaban J connectivity index is 1.55. The van der Waals surface area contributed by atoms with Gasteiger partial charge in [0.15, 0.2) is 5.65 Å². The Morgan fingerprint density at radius 2 is 1.92 bits per heavy atom. The minimum Gasteiger partial charge on any atom is -0.367 e. The number of rotatable bonds is 7. The zero-order chi connectivity index (χ0) is 18.1. The molecule has 1 aliphatic rings. The van der Waals surface area contributed by atoms with E-state index in [0.29, 0.717) is 17.9 Å². The summed E-state index contributed by atoms with van der Waals surface area (Å²) in [4.78, 5) is 9.41. The summed E-state index contributed by atoms with van der Waals surface area (Å²) >= 11 is 0. The molecule has 0 saturated heterocycles. The highest BCUT2D eigenvalue weighted by molar-refractivity contribution is 5.87. The zero-order valence-corrected chi connectivity index (χ0v) is 15.6. The van der Waals surface area contributed by atoms with Gasteiger partial charge in [0, 0.05) is 19.6 Å². The molecule has 0 amide bonds. The fourth-order valence-electron chi connectivity index (χ4n) is 3.28. The van der Waals surface area contributed by atoms with Gasteiger partial charge in [-0.05, 0) is 37.2 Å². The van der Waals surface area contributed by atoms with E-state index < -0.39 is 0 Å². The van der Waals surface area contributed by atoms with E-state index in [4.69, 9.17) is 4.98 Å². The van der Waals surface area contributed by atoms with Crippen LogP contribution in [0.25, 0.3) is 11.0 Å². The number of nitrogens with zero attached hydrogens (tertiary/aromatic N) is 4. The molecule has 1 aliphatic carbocycles. The summed E-state index contributed by atoms with van der Waals surface area (Å²) in [6.45, 7) is 5.22. The number of anilines is 2. The van der Waals surface area contributed by atoms with Gasteiger partial charge in [-0.3, -0.25) is 4.68 Å². The number of hydrogen-bond donors (Lipinski definition) is 2. The van der Waals surface area contributed by atoms with Crippen molar-refractivity contribution in [2.24, 2.45) is 13.0 Å². The smallest absolute Gasteiger partial charge is 0.226 e. The van der Waals surface area contributed by atoms with Crippen LogP contribution in [0.1, 0.15) is 38.2 Å². The number of nitrogens with one attached hydrogen (secondary N) is 2. The van der Waals surface area contributed by atoms with Crippen LogP contribution in [0.15, 0.2) is 36.5 Å². The summed E-state index contributed by atoms with van der Waals surface area (Å²) in [6, 6.07) is 10.9. The van der Waals surface area contributed by atoms with Crippen LogP contribution in [0.3, 0.4) is 0 Å². The van der Waals surface area contributed by atoms with Gasteiger partial charge in [-0.2, -0.15) is 15.1 Å². The van der Waals surface area contributed by atoms with Gasteiger partial charge in [0.05, 0.1) is 11.6 Å². The normalized spacial score (nSPS) is 16.4. The average molecular weight is 350 g/mol. The van der Waals surface area contributed by atoms with E-state index in [2.05, 4.69) is 58.8 Å². The van der Waals surface area contributed by atoms with E-state index in [0.717, 1.165) is 29.3 Å². The Kier molecular flexibility index (Phi) is 4.49. The van der Waals surface area contributed by atoms with E-state index in [-0.39, 0.29) is 0 Å². The molecular weight excluding hydrogens is 324 g/mol. The first-order valence-electron chi connectivity index (χ1n) is 9.37. The molecule has 4 rings (SSSR count). The van der Waals surface area contributed by atoms with Gasteiger partial charge < -0.3 is 10.6 Å². The first-order valence-corrected chi connectivity index (χ1v) is 9.37. The quantitative estimate of drug-likeness (QED) is 0.678. The molecule has 3 aromatic rings. The Morgan fingerprint density at radius 1 is 1.15 bits per heavy atom. The molecule has 2 heterocycles. The third-order valence-electron chi connectivity index (χ3n) is 5.22. The third kappa shape index (κ3) is 3.49. The molecular formula is C20H26N6. The SMILES string of the molecule is CC(CNc1nc(NC(C)C2CC2)c2cnn(C)c2n1)c1ccccc1. The molecule has 0 bridgehead atoms. The summed E-state index contributed by atoms with van der Waals surface area (Å²) in [5, 5.41) is 12.3. The molecule has 136 valence electrons. The lowest BCUT2D eigenvalue weighted by Gasteiger charge is -2.16. The first kappa shape index (κ1) is 16.8. The molecule has 0 spiro atoms. The van der Waals surface area contributed by atoms with Crippen LogP contribution in [-0.2, 0) is 7.05 Å². The second kappa shape index (κ2) is 6.94. The van der Waals surface area contributed by atoms with Gasteiger partial charge in [0.1, 0.15) is 5.82 Å². The Morgan fingerprint density at radius 3 is 2.65 bits per heavy atom. The Bertz CT molecular complexity index is 884. The number of benzene rings is 1. The molecule has 2 aromatic heterocycles. The number of aromatic nitrogens is 4. The van der Waals surface area contributed by atoms with Gasteiger partial charge in [-0.25, -0.2) is 0 Å². The van der Waals surface area contributed by atoms with Crippen LogP contribution in [0, 0.1) is 5.92 Å². The molecule has 1 fully saturated rings. The molecule has 26 heavy (non-hydrogen) atoms. The molecule has 0 aliphatic heterocycles. The van der Waals surface area contributed by atoms with Crippen LogP contribution in [0.2, 0.25) is 0 Å². The maximum Gasteiger partial charge on any atom is 0.226 e. The molecule has 1 aromatic carbocycles. The minimum atomic E-state index is 0.379. The van der Waals surface area contributed by atoms with E-state index in [1.807, 2.05) is 19.3 Å². The van der Waals surface area contributed by atoms with Crippen molar-refractivity contribution in [2.75, 3.05) is 17.2 Å². The molecule has 2 N–H and O–H groups in total. The van der Waals surface area contributed by atoms with Gasteiger partial charge in [0.2, 0.25) is 5.95 Å². The van der Waals surface area contributed by atoms with Crippen molar-refractivity contribution in [3.63, 3.8) is 0 Å². The van der Waals surface area contributed by atoms with E-state index in [9.17, 15) is 0 Å². The van der Waals surface area contributed by atoms with Crippen LogP contribution >= 0.6 is 0 Å². The van der Waals surface area contributed by atoms with Crippen molar-refractivity contribution >= 4 is 22.8 Å². The fourth-order valence-corrected chi connectivity index (χ4v) is 3.28. The predicted molar refractivity (Wildman–Crippen MR) is 105 cm³/mol. The largest absolute Gasteiger partial charge is 0.367 e. The number of fused-ring (bicyclic) bond motifs is 1. The molecule has 1 saturated carbocycles. The van der Waals surface area contributed by atoms with E-state index >= 15 is 0 Å². The Hall–Kier alpha value is -2.63. The summed E-state index contributed by atoms with van der Waals surface area (Å²) < 4.78 is 1.80. The minimum absolute atomic E-state index is 0.379. The van der Waals surface area contributed by atoms with Crippen LogP contribution in [0.5, 0.6) is 0 Å². The fraction of sp³-hybridized carbons (Fsp3) is 0.450. The summed E-state index contributed by atoms with van der Waals surface area (Å²) in [5.41, 5.74) is 2.16. The number of hydrogen-bond acceptors (Lipinski definition) is 5. The second-order valence-corrected chi connectivity index (χ2v) is 7.36. The summed E-state index contributed by atoms with van der Waals surface area (Å²) in [7, 11) is 1.92. The third-order valence-corrected chi connectivity index (χ3v) is 5.22. The summed E-state index contributed by atoms with van der Waals surface area (Å²) in [5.74, 6) is 2.65. The van der Waals surface area contributed by atoms with Crippen molar-refractivity contribution in [1.29, 1.82) is 0 Å². The predicted octanol–water partition coefficient (Wildman–Crippen LogP) is 3.79. The highest BCUT2D eigenvalue weighted by Crippen LogP contribution is 2.34. The maximum absolute atomic E-state index is 4.74.